The Bertz CT molecular complexity index is 1570. The van der Waals surface area contributed by atoms with Crippen LogP contribution < -0.4 is 15.2 Å². The number of esters is 1. The van der Waals surface area contributed by atoms with Crippen LogP contribution >= 0.6 is 0 Å². The van der Waals surface area contributed by atoms with Crippen molar-refractivity contribution in [3.8, 4) is 22.8 Å². The molecule has 0 aliphatic heterocycles. The van der Waals surface area contributed by atoms with Crippen molar-refractivity contribution >= 4 is 22.6 Å². The van der Waals surface area contributed by atoms with Gasteiger partial charge in [-0.05, 0) is 54.1 Å². The van der Waals surface area contributed by atoms with Gasteiger partial charge in [0.1, 0.15) is 18.9 Å². The van der Waals surface area contributed by atoms with Gasteiger partial charge in [0.25, 0.3) is 0 Å². The Morgan fingerprint density at radius 3 is 2.40 bits per heavy atom. The predicted octanol–water partition coefficient (Wildman–Crippen LogP) is 5.72. The smallest absolute Gasteiger partial charge is 0.369 e. The summed E-state index contributed by atoms with van der Waals surface area (Å²) in [6.45, 7) is 2.95. The van der Waals surface area contributed by atoms with Crippen LogP contribution in [0.3, 0.4) is 0 Å². The van der Waals surface area contributed by atoms with Crippen LogP contribution in [0.5, 0.6) is 11.6 Å². The molecule has 0 unspecified atom stereocenters. The number of nitrogens with two attached hydrogens (primary N) is 1. The lowest BCUT2D eigenvalue weighted by atomic mass is 9.90. The number of hydrogen-bond donors (Lipinski definition) is 1. The van der Waals surface area contributed by atoms with Crippen LogP contribution in [0, 0.1) is 0 Å². The summed E-state index contributed by atoms with van der Waals surface area (Å²) in [5, 5.41) is 2.04. The molecule has 220 valence electrons. The molecule has 0 fully saturated rings. The van der Waals surface area contributed by atoms with Crippen molar-refractivity contribution in [3.05, 3.63) is 89.6 Å². The fraction of sp³-hybridized carbons (Fsp3) is 0.324. The third-order valence-electron chi connectivity index (χ3n) is 7.60. The standard InChI is InChI=1S/C34H39N3O5/c1-6-7-13-25-21-23-12-8-9-14-26(23)33(36-25)42-20-19-37(2,3)31(34(39)41-5)28-18-17-24(32(35)38)22-29(28)27-15-10-11-16-30(27)40-4/h8-12,14-18,21-22,31H,6-7,13,19-20H2,1-5H3,(H-,35,38)/p+1/t31-/m1/s1. The molecule has 0 saturated carbocycles. The first-order valence-electron chi connectivity index (χ1n) is 14.2. The second-order valence-electron chi connectivity index (χ2n) is 10.9. The highest BCUT2D eigenvalue weighted by atomic mass is 16.5. The van der Waals surface area contributed by atoms with Crippen LogP contribution in [-0.2, 0) is 16.0 Å². The molecule has 0 radical (unpaired) electrons. The average molecular weight is 571 g/mol. The predicted molar refractivity (Wildman–Crippen MR) is 165 cm³/mol. The molecule has 1 heterocycles. The van der Waals surface area contributed by atoms with Crippen LogP contribution in [0.25, 0.3) is 21.9 Å². The van der Waals surface area contributed by atoms with Crippen LogP contribution in [0.15, 0.2) is 72.8 Å². The van der Waals surface area contributed by atoms with E-state index in [-0.39, 0.29) is 4.48 Å². The average Bonchev–Trinajstić information content (AvgIpc) is 2.99. The van der Waals surface area contributed by atoms with Crippen LogP contribution in [0.4, 0.5) is 0 Å². The molecule has 0 aliphatic carbocycles. The molecule has 0 aliphatic rings. The van der Waals surface area contributed by atoms with Crippen molar-refractivity contribution in [2.75, 3.05) is 41.5 Å². The zero-order valence-corrected chi connectivity index (χ0v) is 25.1. The van der Waals surface area contributed by atoms with Crippen molar-refractivity contribution < 1.29 is 28.3 Å². The number of methoxy groups -OCH3 is 2. The first-order chi connectivity index (χ1) is 20.2. The van der Waals surface area contributed by atoms with Gasteiger partial charge in [0.2, 0.25) is 17.8 Å². The van der Waals surface area contributed by atoms with E-state index < -0.39 is 17.9 Å². The number of para-hydroxylation sites is 1. The SMILES string of the molecule is CCCCc1cc2ccccc2c(OCC[N+](C)(C)[C@@H](C(=O)OC)c2ccc(C(N)=O)cc2-c2ccccc2OC)n1. The Labute approximate surface area is 247 Å². The van der Waals surface area contributed by atoms with Gasteiger partial charge in [-0.1, -0.05) is 55.8 Å². The Balaban J connectivity index is 1.70. The van der Waals surface area contributed by atoms with E-state index in [0.29, 0.717) is 41.5 Å². The molecule has 4 aromatic rings. The number of carbonyl (C=O) groups excluding carboxylic acids is 2. The van der Waals surface area contributed by atoms with Gasteiger partial charge in [-0.3, -0.25) is 4.79 Å². The van der Waals surface area contributed by atoms with E-state index in [4.69, 9.17) is 24.9 Å². The molecule has 2 N–H and O–H groups in total. The number of benzene rings is 3. The number of likely N-dealkylation sites (N-methyl/N-ethyl adjacent to an activating group) is 1. The Morgan fingerprint density at radius 2 is 1.69 bits per heavy atom. The number of quaternary nitrogens is 1. The summed E-state index contributed by atoms with van der Waals surface area (Å²) < 4.78 is 17.5. The highest BCUT2D eigenvalue weighted by molar-refractivity contribution is 5.95. The van der Waals surface area contributed by atoms with Gasteiger partial charge in [-0.2, -0.15) is 0 Å². The van der Waals surface area contributed by atoms with Crippen molar-refractivity contribution in [2.45, 2.75) is 32.2 Å². The number of ether oxygens (including phenoxy) is 3. The van der Waals surface area contributed by atoms with E-state index >= 15 is 0 Å². The second-order valence-corrected chi connectivity index (χ2v) is 10.9. The molecule has 3 aromatic carbocycles. The van der Waals surface area contributed by atoms with Crippen molar-refractivity contribution in [2.24, 2.45) is 5.73 Å². The van der Waals surface area contributed by atoms with Gasteiger partial charge in [-0.25, -0.2) is 9.78 Å². The lowest BCUT2D eigenvalue weighted by Crippen LogP contribution is -2.49. The van der Waals surface area contributed by atoms with Crippen LogP contribution in [-0.4, -0.2) is 62.8 Å². The zero-order valence-electron chi connectivity index (χ0n) is 25.1. The van der Waals surface area contributed by atoms with E-state index in [0.717, 1.165) is 41.3 Å². The number of nitrogens with zero attached hydrogens (tertiary/aromatic N) is 2. The third-order valence-corrected chi connectivity index (χ3v) is 7.60. The molecule has 0 saturated heterocycles. The minimum Gasteiger partial charge on any atom is -0.496 e. The summed E-state index contributed by atoms with van der Waals surface area (Å²) in [6, 6.07) is 22.1. The lowest BCUT2D eigenvalue weighted by molar-refractivity contribution is -0.912. The van der Waals surface area contributed by atoms with Crippen molar-refractivity contribution in [1.82, 2.24) is 4.98 Å². The van der Waals surface area contributed by atoms with Crippen LogP contribution in [0.1, 0.15) is 47.4 Å². The van der Waals surface area contributed by atoms with Gasteiger partial charge >= 0.3 is 5.97 Å². The quantitative estimate of drug-likeness (QED) is 0.163. The topological polar surface area (TPSA) is 101 Å². The number of pyridine rings is 1. The van der Waals surface area contributed by atoms with Crippen molar-refractivity contribution in [3.63, 3.8) is 0 Å². The molecule has 4 rings (SSSR count). The van der Waals surface area contributed by atoms with E-state index in [1.807, 2.05) is 56.6 Å². The molecule has 8 nitrogen and oxygen atoms in total. The number of unbranched alkanes of at least 4 members (excludes halogenated alkanes) is 1. The number of hydrogen-bond acceptors (Lipinski definition) is 6. The first-order valence-corrected chi connectivity index (χ1v) is 14.2. The Kier molecular flexibility index (Phi) is 9.80. The van der Waals surface area contributed by atoms with Gasteiger partial charge < -0.3 is 24.4 Å². The highest BCUT2D eigenvalue weighted by Crippen LogP contribution is 2.39. The molecule has 1 aromatic heterocycles. The molecule has 0 spiro atoms. The number of carbonyl (C=O) groups is 2. The zero-order chi connectivity index (χ0) is 30.3. The number of primary amides is 1. The van der Waals surface area contributed by atoms with Gasteiger partial charge in [0.05, 0.1) is 28.3 Å². The third kappa shape index (κ3) is 6.71. The highest BCUT2D eigenvalue weighted by Gasteiger charge is 2.39. The maximum absolute atomic E-state index is 13.5. The van der Waals surface area contributed by atoms with E-state index in [2.05, 4.69) is 19.1 Å². The molecule has 1 atom stereocenters. The lowest BCUT2D eigenvalue weighted by Gasteiger charge is -2.37. The maximum atomic E-state index is 13.5. The van der Waals surface area contributed by atoms with Gasteiger partial charge in [-0.15, -0.1) is 0 Å². The summed E-state index contributed by atoms with van der Waals surface area (Å²) in [4.78, 5) is 30.4. The van der Waals surface area contributed by atoms with E-state index in [1.165, 1.54) is 7.11 Å². The second kappa shape index (κ2) is 13.5. The number of rotatable bonds is 13. The van der Waals surface area contributed by atoms with Gasteiger partial charge in [0, 0.05) is 27.8 Å². The maximum Gasteiger partial charge on any atom is 0.369 e. The van der Waals surface area contributed by atoms with Crippen LogP contribution in [0.2, 0.25) is 0 Å². The minimum atomic E-state index is -0.735. The first kappa shape index (κ1) is 30.5. The molecule has 42 heavy (non-hydrogen) atoms. The summed E-state index contributed by atoms with van der Waals surface area (Å²) in [5.41, 5.74) is 9.07. The van der Waals surface area contributed by atoms with E-state index in [9.17, 15) is 9.59 Å². The molecule has 8 heteroatoms. The fourth-order valence-corrected chi connectivity index (χ4v) is 5.27. The number of aryl methyl sites for hydroxylation is 1. The summed E-state index contributed by atoms with van der Waals surface area (Å²) in [7, 11) is 6.88. The summed E-state index contributed by atoms with van der Waals surface area (Å²) >= 11 is 0. The summed E-state index contributed by atoms with van der Waals surface area (Å²) in [6.07, 6.45) is 3.03. The number of aromatic nitrogens is 1. The monoisotopic (exact) mass is 570 g/mol. The van der Waals surface area contributed by atoms with Gasteiger partial charge in [0.15, 0.2) is 0 Å². The fourth-order valence-electron chi connectivity index (χ4n) is 5.27. The molecule has 1 amide bonds. The number of amides is 1. The molecular formula is C34H40N3O5+. The van der Waals surface area contributed by atoms with Crippen molar-refractivity contribution in [1.29, 1.82) is 0 Å². The van der Waals surface area contributed by atoms with E-state index in [1.54, 1.807) is 25.3 Å². The normalized spacial score (nSPS) is 12.1. The molecule has 0 bridgehead atoms. The minimum absolute atomic E-state index is 0.220. The molecular weight excluding hydrogens is 530 g/mol. The Morgan fingerprint density at radius 1 is 0.952 bits per heavy atom. The summed E-state index contributed by atoms with van der Waals surface area (Å²) in [5.74, 6) is 0.233. The largest absolute Gasteiger partial charge is 0.496 e. The Hall–Kier alpha value is -4.43. The number of fused-ring (bicyclic) bond motifs is 1.